The number of anilines is 1. The molecule has 3 heterocycles. The maximum absolute atomic E-state index is 13.2. The van der Waals surface area contributed by atoms with E-state index in [1.54, 1.807) is 12.0 Å². The first-order valence-corrected chi connectivity index (χ1v) is 11.3. The van der Waals surface area contributed by atoms with Crippen LogP contribution in [0.3, 0.4) is 0 Å². The lowest BCUT2D eigenvalue weighted by atomic mass is 9.92. The van der Waals surface area contributed by atoms with Crippen molar-refractivity contribution < 1.29 is 14.3 Å². The Balaban J connectivity index is 1.24. The van der Waals surface area contributed by atoms with E-state index in [-0.39, 0.29) is 24.2 Å². The number of ether oxygens (including phenoxy) is 1. The fourth-order valence-electron chi connectivity index (χ4n) is 5.10. The van der Waals surface area contributed by atoms with Gasteiger partial charge in [-0.2, -0.15) is 0 Å². The Hall–Kier alpha value is -3.28. The van der Waals surface area contributed by atoms with Crippen molar-refractivity contribution in [3.8, 4) is 5.75 Å². The number of amides is 2. The number of aryl methyl sites for hydroxylation is 1. The van der Waals surface area contributed by atoms with Gasteiger partial charge in [0.1, 0.15) is 5.75 Å². The topological polar surface area (TPSA) is 65.6 Å². The molecule has 6 heteroatoms. The van der Waals surface area contributed by atoms with Crippen LogP contribution < -0.4 is 9.64 Å². The van der Waals surface area contributed by atoms with Crippen LogP contribution in [-0.4, -0.2) is 48.4 Å². The number of aromatic amines is 1. The third-order valence-electron chi connectivity index (χ3n) is 6.90. The molecule has 6 nitrogen and oxygen atoms in total. The molecule has 2 saturated heterocycles. The van der Waals surface area contributed by atoms with Gasteiger partial charge in [-0.05, 0) is 55.0 Å². The lowest BCUT2D eigenvalue weighted by molar-refractivity contribution is -0.136. The van der Waals surface area contributed by atoms with E-state index in [9.17, 15) is 9.59 Å². The summed E-state index contributed by atoms with van der Waals surface area (Å²) in [5.74, 6) is 0.890. The summed E-state index contributed by atoms with van der Waals surface area (Å²) in [5, 5.41) is 1.23. The van der Waals surface area contributed by atoms with Crippen LogP contribution in [-0.2, 0) is 9.59 Å². The number of aromatic nitrogens is 1. The molecule has 2 aliphatic heterocycles. The van der Waals surface area contributed by atoms with Crippen molar-refractivity contribution in [1.29, 1.82) is 0 Å². The van der Waals surface area contributed by atoms with Crippen molar-refractivity contribution >= 4 is 28.4 Å². The predicted octanol–water partition coefficient (Wildman–Crippen LogP) is 4.24. The van der Waals surface area contributed by atoms with E-state index in [2.05, 4.69) is 29.2 Å². The Morgan fingerprint density at radius 2 is 1.88 bits per heavy atom. The molecule has 1 atom stereocenters. The van der Waals surface area contributed by atoms with Gasteiger partial charge in [-0.25, -0.2) is 0 Å². The molecule has 1 unspecified atom stereocenters. The van der Waals surface area contributed by atoms with Crippen LogP contribution in [0.2, 0.25) is 0 Å². The van der Waals surface area contributed by atoms with E-state index >= 15 is 0 Å². The molecule has 1 aromatic heterocycles. The Morgan fingerprint density at radius 1 is 1.09 bits per heavy atom. The number of H-pyrrole nitrogens is 1. The molecule has 2 fully saturated rings. The van der Waals surface area contributed by atoms with E-state index in [0.29, 0.717) is 18.2 Å². The SMILES string of the molecule is COc1ccc(C)cc1N1CC(C(=O)N2CCC(c3cc4ccccc4[nH]3)CC2)CC1=O. The standard InChI is InChI=1S/C26H29N3O3/c1-17-7-8-24(32-2)23(13-17)29-16-20(15-25(29)30)26(31)28-11-9-18(10-12-28)22-14-19-5-3-4-6-21(19)27-22/h3-8,13-14,18,20,27H,9-12,15-16H2,1-2H3. The van der Waals surface area contributed by atoms with Crippen molar-refractivity contribution in [2.75, 3.05) is 31.6 Å². The van der Waals surface area contributed by atoms with Gasteiger partial charge in [0.2, 0.25) is 11.8 Å². The number of likely N-dealkylation sites (tertiary alicyclic amines) is 1. The van der Waals surface area contributed by atoms with Crippen LogP contribution in [0.4, 0.5) is 5.69 Å². The van der Waals surface area contributed by atoms with E-state index in [1.807, 2.05) is 36.1 Å². The number of carbonyl (C=O) groups is 2. The number of nitrogens with zero attached hydrogens (tertiary/aromatic N) is 2. The largest absolute Gasteiger partial charge is 0.495 e. The Labute approximate surface area is 188 Å². The van der Waals surface area contributed by atoms with Crippen molar-refractivity contribution in [2.24, 2.45) is 5.92 Å². The van der Waals surface area contributed by atoms with E-state index in [0.717, 1.165) is 42.7 Å². The molecular formula is C26H29N3O3. The second-order valence-electron chi connectivity index (χ2n) is 8.99. The highest BCUT2D eigenvalue weighted by Gasteiger charge is 2.39. The average Bonchev–Trinajstić information content (AvgIpc) is 3.42. The zero-order chi connectivity index (χ0) is 22.2. The molecule has 0 bridgehead atoms. The minimum Gasteiger partial charge on any atom is -0.495 e. The van der Waals surface area contributed by atoms with Gasteiger partial charge in [-0.3, -0.25) is 9.59 Å². The second-order valence-corrected chi connectivity index (χ2v) is 8.99. The summed E-state index contributed by atoms with van der Waals surface area (Å²) in [6, 6.07) is 16.4. The molecule has 2 aliphatic rings. The number of benzene rings is 2. The third-order valence-corrected chi connectivity index (χ3v) is 6.90. The predicted molar refractivity (Wildman–Crippen MR) is 125 cm³/mol. The minimum absolute atomic E-state index is 0.0137. The Kier molecular flexibility index (Phi) is 5.37. The summed E-state index contributed by atoms with van der Waals surface area (Å²) in [7, 11) is 1.61. The number of fused-ring (bicyclic) bond motifs is 1. The fraction of sp³-hybridized carbons (Fsp3) is 0.385. The van der Waals surface area contributed by atoms with Gasteiger partial charge in [0.25, 0.3) is 0 Å². The summed E-state index contributed by atoms with van der Waals surface area (Å²) in [6.07, 6.45) is 2.14. The first-order chi connectivity index (χ1) is 15.5. The number of carbonyl (C=O) groups excluding carboxylic acids is 2. The van der Waals surface area contributed by atoms with Crippen LogP contribution >= 0.6 is 0 Å². The van der Waals surface area contributed by atoms with E-state index in [1.165, 1.54) is 11.1 Å². The Morgan fingerprint density at radius 3 is 2.62 bits per heavy atom. The lowest BCUT2D eigenvalue weighted by Crippen LogP contribution is -2.42. The first kappa shape index (κ1) is 20.6. The number of piperidine rings is 1. The van der Waals surface area contributed by atoms with Crippen molar-refractivity contribution in [1.82, 2.24) is 9.88 Å². The first-order valence-electron chi connectivity index (χ1n) is 11.3. The summed E-state index contributed by atoms with van der Waals surface area (Å²) in [4.78, 5) is 33.2. The molecule has 2 aromatic carbocycles. The third kappa shape index (κ3) is 3.74. The van der Waals surface area contributed by atoms with Gasteiger partial charge in [-0.1, -0.05) is 24.3 Å². The summed E-state index contributed by atoms with van der Waals surface area (Å²) >= 11 is 0. The number of para-hydroxylation sites is 1. The van der Waals surface area contributed by atoms with Gasteiger partial charge in [0.15, 0.2) is 0 Å². The monoisotopic (exact) mass is 431 g/mol. The van der Waals surface area contributed by atoms with Crippen LogP contribution in [0.1, 0.15) is 36.4 Å². The van der Waals surface area contributed by atoms with Gasteiger partial charge < -0.3 is 19.5 Å². The maximum atomic E-state index is 13.2. The van der Waals surface area contributed by atoms with Gasteiger partial charge in [0.05, 0.1) is 18.7 Å². The quantitative estimate of drug-likeness (QED) is 0.672. The van der Waals surface area contributed by atoms with Gasteiger partial charge in [0, 0.05) is 43.2 Å². The number of methoxy groups -OCH3 is 1. The normalized spacial score (nSPS) is 19.7. The minimum atomic E-state index is -0.294. The lowest BCUT2D eigenvalue weighted by Gasteiger charge is -2.33. The molecule has 0 aliphatic carbocycles. The molecule has 166 valence electrons. The molecule has 0 radical (unpaired) electrons. The number of nitrogens with one attached hydrogen (secondary N) is 1. The smallest absolute Gasteiger partial charge is 0.228 e. The van der Waals surface area contributed by atoms with Crippen molar-refractivity contribution in [3.63, 3.8) is 0 Å². The fourth-order valence-corrected chi connectivity index (χ4v) is 5.10. The molecule has 0 spiro atoms. The number of hydrogen-bond acceptors (Lipinski definition) is 3. The highest BCUT2D eigenvalue weighted by Crippen LogP contribution is 2.35. The summed E-state index contributed by atoms with van der Waals surface area (Å²) < 4.78 is 5.46. The molecule has 2 amide bonds. The molecule has 0 saturated carbocycles. The van der Waals surface area contributed by atoms with Crippen LogP contribution in [0, 0.1) is 12.8 Å². The Bertz CT molecular complexity index is 1130. The van der Waals surface area contributed by atoms with E-state index < -0.39 is 0 Å². The molecule has 5 rings (SSSR count). The van der Waals surface area contributed by atoms with Gasteiger partial charge in [-0.15, -0.1) is 0 Å². The van der Waals surface area contributed by atoms with Gasteiger partial charge >= 0.3 is 0 Å². The molecular weight excluding hydrogens is 402 g/mol. The molecule has 3 aromatic rings. The van der Waals surface area contributed by atoms with Crippen LogP contribution in [0.5, 0.6) is 5.75 Å². The summed E-state index contributed by atoms with van der Waals surface area (Å²) in [6.45, 7) is 3.87. The maximum Gasteiger partial charge on any atom is 0.228 e. The zero-order valence-corrected chi connectivity index (χ0v) is 18.6. The van der Waals surface area contributed by atoms with Crippen molar-refractivity contribution in [3.05, 3.63) is 59.8 Å². The summed E-state index contributed by atoms with van der Waals surface area (Å²) in [5.41, 5.74) is 4.23. The number of rotatable bonds is 4. The average molecular weight is 432 g/mol. The van der Waals surface area contributed by atoms with Crippen molar-refractivity contribution in [2.45, 2.75) is 32.1 Å². The highest BCUT2D eigenvalue weighted by molar-refractivity contribution is 6.01. The highest BCUT2D eigenvalue weighted by atomic mass is 16.5. The second kappa shape index (κ2) is 8.34. The number of hydrogen-bond donors (Lipinski definition) is 1. The zero-order valence-electron chi connectivity index (χ0n) is 18.6. The molecule has 1 N–H and O–H groups in total. The van der Waals surface area contributed by atoms with E-state index in [4.69, 9.17) is 4.74 Å². The van der Waals surface area contributed by atoms with Crippen LogP contribution in [0.15, 0.2) is 48.5 Å². The molecule has 32 heavy (non-hydrogen) atoms. The van der Waals surface area contributed by atoms with Crippen LogP contribution in [0.25, 0.3) is 10.9 Å².